The first-order valence-electron chi connectivity index (χ1n) is 6.06. The molecule has 0 radical (unpaired) electrons. The third kappa shape index (κ3) is 3.11. The minimum Gasteiger partial charge on any atom is -0.463 e. The average Bonchev–Trinajstić information content (AvgIpc) is 2.79. The van der Waals surface area contributed by atoms with Crippen molar-refractivity contribution < 1.29 is 18.7 Å². The van der Waals surface area contributed by atoms with E-state index in [1.54, 1.807) is 32.2 Å². The van der Waals surface area contributed by atoms with Crippen LogP contribution in [0.3, 0.4) is 0 Å². The Morgan fingerprint density at radius 2 is 2.15 bits per heavy atom. The van der Waals surface area contributed by atoms with Gasteiger partial charge in [0, 0.05) is 7.05 Å². The Balaban J connectivity index is 2.14. The van der Waals surface area contributed by atoms with E-state index in [1.807, 2.05) is 0 Å². The SMILES string of the molecule is CCOC(=O)COc1nc(-c2ccccc2F)n(C)n1. The maximum Gasteiger partial charge on any atom is 0.344 e. The maximum atomic E-state index is 13.7. The lowest BCUT2D eigenvalue weighted by Gasteiger charge is -2.00. The Bertz CT molecular complexity index is 613. The van der Waals surface area contributed by atoms with Gasteiger partial charge >= 0.3 is 12.0 Å². The molecule has 0 amide bonds. The van der Waals surface area contributed by atoms with Crippen LogP contribution >= 0.6 is 0 Å². The number of aryl methyl sites for hydroxylation is 1. The molecule has 0 saturated carbocycles. The highest BCUT2D eigenvalue weighted by molar-refractivity contribution is 5.70. The van der Waals surface area contributed by atoms with Crippen molar-refractivity contribution in [3.63, 3.8) is 0 Å². The number of aromatic nitrogens is 3. The molecule has 2 aromatic rings. The minimum absolute atomic E-state index is 0.00111. The van der Waals surface area contributed by atoms with Gasteiger partial charge in [-0.25, -0.2) is 13.9 Å². The highest BCUT2D eigenvalue weighted by atomic mass is 19.1. The molecule has 0 atom stereocenters. The third-order valence-corrected chi connectivity index (χ3v) is 2.48. The molecule has 20 heavy (non-hydrogen) atoms. The second kappa shape index (κ2) is 6.14. The van der Waals surface area contributed by atoms with Crippen molar-refractivity contribution in [2.75, 3.05) is 13.2 Å². The maximum absolute atomic E-state index is 13.7. The predicted molar refractivity (Wildman–Crippen MR) is 68.5 cm³/mol. The summed E-state index contributed by atoms with van der Waals surface area (Å²) < 4.78 is 24.9. The number of hydrogen-bond donors (Lipinski definition) is 0. The summed E-state index contributed by atoms with van der Waals surface area (Å²) in [6.07, 6.45) is 0. The van der Waals surface area contributed by atoms with Gasteiger partial charge in [0.2, 0.25) is 0 Å². The van der Waals surface area contributed by atoms with Crippen LogP contribution in [-0.4, -0.2) is 33.9 Å². The van der Waals surface area contributed by atoms with E-state index in [-0.39, 0.29) is 19.2 Å². The number of ether oxygens (including phenoxy) is 2. The second-order valence-corrected chi connectivity index (χ2v) is 3.92. The number of benzene rings is 1. The van der Waals surface area contributed by atoms with Gasteiger partial charge in [-0.2, -0.15) is 4.98 Å². The number of nitrogens with zero attached hydrogens (tertiary/aromatic N) is 3. The van der Waals surface area contributed by atoms with Crippen LogP contribution in [0.4, 0.5) is 4.39 Å². The lowest BCUT2D eigenvalue weighted by molar-refractivity contribution is -0.145. The van der Waals surface area contributed by atoms with Gasteiger partial charge in [-0.05, 0) is 19.1 Å². The molecule has 0 fully saturated rings. The Hall–Kier alpha value is -2.44. The smallest absolute Gasteiger partial charge is 0.344 e. The van der Waals surface area contributed by atoms with Crippen molar-refractivity contribution in [3.8, 4) is 17.4 Å². The molecule has 7 heteroatoms. The Kier molecular flexibility index (Phi) is 4.29. The third-order valence-electron chi connectivity index (χ3n) is 2.48. The second-order valence-electron chi connectivity index (χ2n) is 3.92. The van der Waals surface area contributed by atoms with Crippen molar-refractivity contribution in [1.82, 2.24) is 14.8 Å². The summed E-state index contributed by atoms with van der Waals surface area (Å²) in [5.74, 6) is -0.589. The predicted octanol–water partition coefficient (Wildman–Crippen LogP) is 1.56. The lowest BCUT2D eigenvalue weighted by Crippen LogP contribution is -2.15. The number of carbonyl (C=O) groups excluding carboxylic acids is 1. The zero-order valence-corrected chi connectivity index (χ0v) is 11.2. The van der Waals surface area contributed by atoms with Gasteiger partial charge < -0.3 is 9.47 Å². The van der Waals surface area contributed by atoms with Gasteiger partial charge in [-0.3, -0.25) is 0 Å². The van der Waals surface area contributed by atoms with Gasteiger partial charge in [0.25, 0.3) is 0 Å². The summed E-state index contributed by atoms with van der Waals surface area (Å²) in [5, 5.41) is 3.97. The summed E-state index contributed by atoms with van der Waals surface area (Å²) in [5.41, 5.74) is 0.313. The van der Waals surface area contributed by atoms with Gasteiger partial charge in [0.05, 0.1) is 12.2 Å². The molecule has 0 saturated heterocycles. The van der Waals surface area contributed by atoms with Gasteiger partial charge in [-0.1, -0.05) is 12.1 Å². The fourth-order valence-electron chi connectivity index (χ4n) is 1.63. The first kappa shape index (κ1) is 14.0. The molecular weight excluding hydrogens is 265 g/mol. The zero-order chi connectivity index (χ0) is 14.5. The van der Waals surface area contributed by atoms with Crippen LogP contribution in [0.15, 0.2) is 24.3 Å². The molecule has 1 aromatic carbocycles. The van der Waals surface area contributed by atoms with E-state index >= 15 is 0 Å². The van der Waals surface area contributed by atoms with E-state index < -0.39 is 11.8 Å². The van der Waals surface area contributed by atoms with Crippen LogP contribution in [0, 0.1) is 5.82 Å². The largest absolute Gasteiger partial charge is 0.463 e. The number of carbonyl (C=O) groups is 1. The van der Waals surface area contributed by atoms with E-state index in [9.17, 15) is 9.18 Å². The number of halogens is 1. The summed E-state index contributed by atoms with van der Waals surface area (Å²) in [7, 11) is 1.62. The highest BCUT2D eigenvalue weighted by Gasteiger charge is 2.14. The summed E-state index contributed by atoms with van der Waals surface area (Å²) in [4.78, 5) is 15.2. The monoisotopic (exact) mass is 279 g/mol. The fourth-order valence-corrected chi connectivity index (χ4v) is 1.63. The molecule has 0 spiro atoms. The van der Waals surface area contributed by atoms with E-state index in [4.69, 9.17) is 9.47 Å². The number of rotatable bonds is 5. The van der Waals surface area contributed by atoms with Crippen LogP contribution in [0.5, 0.6) is 6.01 Å². The zero-order valence-electron chi connectivity index (χ0n) is 11.2. The Morgan fingerprint density at radius 3 is 2.85 bits per heavy atom. The molecular formula is C13H14FN3O3. The molecule has 1 heterocycles. The highest BCUT2D eigenvalue weighted by Crippen LogP contribution is 2.21. The van der Waals surface area contributed by atoms with Crippen molar-refractivity contribution in [2.24, 2.45) is 7.05 Å². The lowest BCUT2D eigenvalue weighted by atomic mass is 10.2. The van der Waals surface area contributed by atoms with E-state index in [2.05, 4.69) is 10.1 Å². The minimum atomic E-state index is -0.507. The average molecular weight is 279 g/mol. The molecule has 0 bridgehead atoms. The van der Waals surface area contributed by atoms with Crippen molar-refractivity contribution >= 4 is 5.97 Å². The van der Waals surface area contributed by atoms with Crippen LogP contribution in [0.25, 0.3) is 11.4 Å². The number of hydrogen-bond acceptors (Lipinski definition) is 5. The van der Waals surface area contributed by atoms with Crippen molar-refractivity contribution in [2.45, 2.75) is 6.92 Å². The number of esters is 1. The van der Waals surface area contributed by atoms with Crippen LogP contribution in [-0.2, 0) is 16.6 Å². The van der Waals surface area contributed by atoms with Gasteiger partial charge in [0.1, 0.15) is 5.82 Å². The Labute approximate surface area is 115 Å². The van der Waals surface area contributed by atoms with E-state index in [0.29, 0.717) is 11.4 Å². The molecule has 106 valence electrons. The summed E-state index contributed by atoms with van der Waals surface area (Å²) in [6, 6.07) is 6.22. The molecule has 0 aliphatic rings. The first-order chi connectivity index (χ1) is 9.61. The van der Waals surface area contributed by atoms with Gasteiger partial charge in [-0.15, -0.1) is 5.10 Å². The summed E-state index contributed by atoms with van der Waals surface area (Å²) in [6.45, 7) is 1.69. The van der Waals surface area contributed by atoms with E-state index in [1.165, 1.54) is 10.7 Å². The standard InChI is InChI=1S/C13H14FN3O3/c1-3-19-11(18)8-20-13-15-12(17(2)16-13)9-6-4-5-7-10(9)14/h4-7H,3,8H2,1-2H3. The molecule has 1 aromatic heterocycles. The quantitative estimate of drug-likeness (QED) is 0.777. The van der Waals surface area contributed by atoms with Crippen molar-refractivity contribution in [3.05, 3.63) is 30.1 Å². The van der Waals surface area contributed by atoms with Gasteiger partial charge in [0.15, 0.2) is 12.4 Å². The molecule has 0 unspecified atom stereocenters. The molecule has 0 aliphatic carbocycles. The first-order valence-corrected chi connectivity index (χ1v) is 6.06. The molecule has 6 nitrogen and oxygen atoms in total. The van der Waals surface area contributed by atoms with E-state index in [0.717, 1.165) is 0 Å². The molecule has 0 aliphatic heterocycles. The Morgan fingerprint density at radius 1 is 1.40 bits per heavy atom. The summed E-state index contributed by atoms with van der Waals surface area (Å²) >= 11 is 0. The van der Waals surface area contributed by atoms with Crippen LogP contribution in [0.2, 0.25) is 0 Å². The molecule has 2 rings (SSSR count). The molecule has 0 N–H and O–H groups in total. The normalized spacial score (nSPS) is 10.3. The van der Waals surface area contributed by atoms with Crippen LogP contribution in [0.1, 0.15) is 6.92 Å². The fraction of sp³-hybridized carbons (Fsp3) is 0.308. The van der Waals surface area contributed by atoms with Crippen molar-refractivity contribution in [1.29, 1.82) is 0 Å². The van der Waals surface area contributed by atoms with Crippen LogP contribution < -0.4 is 4.74 Å². The topological polar surface area (TPSA) is 66.2 Å².